The first-order valence-electron chi connectivity index (χ1n) is 8.19. The van der Waals surface area contributed by atoms with E-state index in [-0.39, 0.29) is 5.71 Å². The van der Waals surface area contributed by atoms with Crippen LogP contribution in [0.5, 0.6) is 5.75 Å². The van der Waals surface area contributed by atoms with Crippen LogP contribution in [0, 0.1) is 0 Å². The maximum atomic E-state index is 12.6. The lowest BCUT2D eigenvalue weighted by atomic mass is 9.92. The third kappa shape index (κ3) is 3.17. The normalized spacial score (nSPS) is 17.7. The lowest BCUT2D eigenvalue weighted by Gasteiger charge is -2.25. The Bertz CT molecular complexity index is 844. The molecule has 7 heteroatoms. The summed E-state index contributed by atoms with van der Waals surface area (Å²) in [6.45, 7) is 0. The lowest BCUT2D eigenvalue weighted by Crippen LogP contribution is -2.54. The molecule has 1 heterocycles. The minimum Gasteiger partial charge on any atom is -0.497 e. The van der Waals surface area contributed by atoms with Gasteiger partial charge in [-0.3, -0.25) is 0 Å². The number of nitrogens with zero attached hydrogens (tertiary/aromatic N) is 1. The molecule has 0 aliphatic carbocycles. The number of methoxy groups -OCH3 is 3. The number of esters is 2. The predicted octanol–water partition coefficient (Wildman–Crippen LogP) is 2.30. The zero-order valence-electron chi connectivity index (χ0n) is 15.2. The fourth-order valence-corrected chi connectivity index (χ4v) is 2.90. The maximum absolute atomic E-state index is 12.6. The Kier molecular flexibility index (Phi) is 5.23. The van der Waals surface area contributed by atoms with Crippen LogP contribution in [0.4, 0.5) is 0 Å². The monoisotopic (exact) mass is 369 g/mol. The van der Waals surface area contributed by atoms with Gasteiger partial charge in [0.15, 0.2) is 6.23 Å². The lowest BCUT2D eigenvalue weighted by molar-refractivity contribution is -0.180. The van der Waals surface area contributed by atoms with Crippen LogP contribution in [0.1, 0.15) is 17.4 Å². The van der Waals surface area contributed by atoms with Crippen molar-refractivity contribution < 1.29 is 28.5 Å². The molecule has 2 aromatic carbocycles. The Morgan fingerprint density at radius 3 is 2.04 bits per heavy atom. The molecule has 0 amide bonds. The first-order valence-corrected chi connectivity index (χ1v) is 8.19. The standard InChI is InChI=1S/C20H19NO6/c1-24-15-11-9-14(10-12-15)17-21-16(13-7-5-4-6-8-13)20(27-17,18(22)25-2)19(23)26-3/h4-12,17H,1-3H3. The summed E-state index contributed by atoms with van der Waals surface area (Å²) in [7, 11) is 3.92. The van der Waals surface area contributed by atoms with Crippen molar-refractivity contribution in [2.24, 2.45) is 4.99 Å². The van der Waals surface area contributed by atoms with Crippen molar-refractivity contribution in [1.29, 1.82) is 0 Å². The molecule has 0 saturated carbocycles. The van der Waals surface area contributed by atoms with E-state index in [1.807, 2.05) is 6.07 Å². The van der Waals surface area contributed by atoms with Gasteiger partial charge >= 0.3 is 17.5 Å². The van der Waals surface area contributed by atoms with E-state index in [1.54, 1.807) is 55.6 Å². The number of hydrogen-bond acceptors (Lipinski definition) is 7. The highest BCUT2D eigenvalue weighted by Gasteiger charge is 2.60. The molecule has 1 unspecified atom stereocenters. The van der Waals surface area contributed by atoms with Gasteiger partial charge in [0, 0.05) is 5.56 Å². The highest BCUT2D eigenvalue weighted by atomic mass is 16.6. The van der Waals surface area contributed by atoms with Crippen LogP contribution >= 0.6 is 0 Å². The molecule has 0 radical (unpaired) electrons. The van der Waals surface area contributed by atoms with Gasteiger partial charge in [-0.2, -0.15) is 0 Å². The summed E-state index contributed by atoms with van der Waals surface area (Å²) < 4.78 is 20.8. The van der Waals surface area contributed by atoms with E-state index < -0.39 is 23.8 Å². The van der Waals surface area contributed by atoms with Gasteiger partial charge in [0.2, 0.25) is 0 Å². The Balaban J connectivity index is 2.13. The Labute approximate surface area is 156 Å². The zero-order chi connectivity index (χ0) is 19.4. The average molecular weight is 369 g/mol. The molecule has 3 rings (SSSR count). The summed E-state index contributed by atoms with van der Waals surface area (Å²) in [6, 6.07) is 15.8. The largest absolute Gasteiger partial charge is 0.497 e. The first kappa shape index (κ1) is 18.6. The molecule has 7 nitrogen and oxygen atoms in total. The molecule has 1 aliphatic rings. The van der Waals surface area contributed by atoms with Crippen LogP contribution < -0.4 is 4.74 Å². The number of carbonyl (C=O) groups excluding carboxylic acids is 2. The summed E-state index contributed by atoms with van der Waals surface area (Å²) in [6.07, 6.45) is -0.885. The third-order valence-electron chi connectivity index (χ3n) is 4.26. The van der Waals surface area contributed by atoms with Crippen molar-refractivity contribution >= 4 is 17.7 Å². The number of ether oxygens (including phenoxy) is 4. The third-order valence-corrected chi connectivity index (χ3v) is 4.26. The van der Waals surface area contributed by atoms with Crippen LogP contribution in [0.15, 0.2) is 59.6 Å². The summed E-state index contributed by atoms with van der Waals surface area (Å²) >= 11 is 0. The summed E-state index contributed by atoms with van der Waals surface area (Å²) in [5.41, 5.74) is -0.749. The van der Waals surface area contributed by atoms with E-state index in [0.29, 0.717) is 16.9 Å². The second-order valence-electron chi connectivity index (χ2n) is 5.75. The molecule has 0 fully saturated rings. The number of hydrogen-bond donors (Lipinski definition) is 0. The summed E-state index contributed by atoms with van der Waals surface area (Å²) in [5, 5.41) is 0. The number of aliphatic imine (C=N–C) groups is 1. The fourth-order valence-electron chi connectivity index (χ4n) is 2.90. The minimum absolute atomic E-state index is 0.141. The highest BCUT2D eigenvalue weighted by molar-refractivity contribution is 6.31. The molecule has 27 heavy (non-hydrogen) atoms. The Hall–Kier alpha value is -3.19. The topological polar surface area (TPSA) is 83.4 Å². The zero-order valence-corrected chi connectivity index (χ0v) is 15.2. The van der Waals surface area contributed by atoms with Crippen LogP contribution in [-0.2, 0) is 23.8 Å². The first-order chi connectivity index (χ1) is 13.1. The summed E-state index contributed by atoms with van der Waals surface area (Å²) in [5.74, 6) is -1.13. The maximum Gasteiger partial charge on any atom is 0.356 e. The average Bonchev–Trinajstić information content (AvgIpc) is 3.15. The van der Waals surface area contributed by atoms with Gasteiger partial charge in [-0.25, -0.2) is 14.6 Å². The molecule has 2 aromatic rings. The van der Waals surface area contributed by atoms with Crippen molar-refractivity contribution in [3.63, 3.8) is 0 Å². The number of carbonyl (C=O) groups is 2. The fraction of sp³-hybridized carbons (Fsp3) is 0.250. The van der Waals surface area contributed by atoms with Gasteiger partial charge < -0.3 is 18.9 Å². The minimum atomic E-state index is -2.10. The Morgan fingerprint density at radius 2 is 1.52 bits per heavy atom. The van der Waals surface area contributed by atoms with E-state index in [9.17, 15) is 9.59 Å². The van der Waals surface area contributed by atoms with E-state index in [0.717, 1.165) is 0 Å². The van der Waals surface area contributed by atoms with Crippen LogP contribution in [0.2, 0.25) is 0 Å². The molecule has 1 aliphatic heterocycles. The van der Waals surface area contributed by atoms with Gasteiger partial charge in [0.25, 0.3) is 0 Å². The van der Waals surface area contributed by atoms with E-state index >= 15 is 0 Å². The smallest absolute Gasteiger partial charge is 0.356 e. The van der Waals surface area contributed by atoms with Gasteiger partial charge in [0.1, 0.15) is 11.5 Å². The number of benzene rings is 2. The van der Waals surface area contributed by atoms with Crippen LogP contribution in [0.3, 0.4) is 0 Å². The van der Waals surface area contributed by atoms with Gasteiger partial charge in [-0.1, -0.05) is 42.5 Å². The quantitative estimate of drug-likeness (QED) is 0.594. The predicted molar refractivity (Wildman–Crippen MR) is 96.6 cm³/mol. The van der Waals surface area contributed by atoms with E-state index in [1.165, 1.54) is 14.2 Å². The van der Waals surface area contributed by atoms with E-state index in [4.69, 9.17) is 18.9 Å². The van der Waals surface area contributed by atoms with Crippen molar-refractivity contribution in [1.82, 2.24) is 0 Å². The summed E-state index contributed by atoms with van der Waals surface area (Å²) in [4.78, 5) is 29.8. The molecule has 0 aromatic heterocycles. The molecule has 0 saturated heterocycles. The van der Waals surface area contributed by atoms with Crippen molar-refractivity contribution in [3.05, 3.63) is 65.7 Å². The SMILES string of the molecule is COC(=O)C1(C(=O)OC)OC(c2ccc(OC)cc2)N=C1c1ccccc1. The van der Waals surface area contributed by atoms with E-state index in [2.05, 4.69) is 4.99 Å². The molecule has 140 valence electrons. The molecule has 0 N–H and O–H groups in total. The van der Waals surface area contributed by atoms with Crippen molar-refractivity contribution in [3.8, 4) is 5.75 Å². The molecular formula is C20H19NO6. The Morgan fingerprint density at radius 1 is 0.926 bits per heavy atom. The van der Waals surface area contributed by atoms with Gasteiger partial charge in [-0.15, -0.1) is 0 Å². The van der Waals surface area contributed by atoms with Gasteiger partial charge in [-0.05, 0) is 17.7 Å². The van der Waals surface area contributed by atoms with Gasteiger partial charge in [0.05, 0.1) is 21.3 Å². The number of rotatable bonds is 5. The van der Waals surface area contributed by atoms with Crippen molar-refractivity contribution in [2.45, 2.75) is 11.8 Å². The molecule has 0 bridgehead atoms. The highest BCUT2D eigenvalue weighted by Crippen LogP contribution is 2.38. The van der Waals surface area contributed by atoms with Crippen molar-refractivity contribution in [2.75, 3.05) is 21.3 Å². The van der Waals surface area contributed by atoms with Crippen LogP contribution in [-0.4, -0.2) is 44.6 Å². The second kappa shape index (κ2) is 7.59. The molecule has 1 atom stereocenters. The molecule has 0 spiro atoms. The second-order valence-corrected chi connectivity index (χ2v) is 5.75. The molecular weight excluding hydrogens is 350 g/mol. The van der Waals surface area contributed by atoms with Crippen LogP contribution in [0.25, 0.3) is 0 Å².